The van der Waals surface area contributed by atoms with Gasteiger partial charge in [0.1, 0.15) is 0 Å². The van der Waals surface area contributed by atoms with Crippen LogP contribution in [0, 0.1) is 0 Å². The van der Waals surface area contributed by atoms with Crippen LogP contribution < -0.4 is 0 Å². The first-order chi connectivity index (χ1) is 8.58. The number of rotatable bonds is 0. The van der Waals surface area contributed by atoms with E-state index in [1.807, 2.05) is 0 Å². The molecule has 0 fully saturated rings. The van der Waals surface area contributed by atoms with Gasteiger partial charge in [-0.25, -0.2) is 0 Å². The molecule has 0 N–H and O–H groups in total. The Balaban J connectivity index is 0. The van der Waals surface area contributed by atoms with Gasteiger partial charge >= 0.3 is 34.5 Å². The van der Waals surface area contributed by atoms with Crippen LogP contribution in [0.2, 0.25) is 0 Å². The van der Waals surface area contributed by atoms with E-state index in [-0.39, 0.29) is 32.2 Å². The molecule has 0 aliphatic carbocycles. The van der Waals surface area contributed by atoms with Crippen LogP contribution in [0.4, 0.5) is 0 Å². The maximum atomic E-state index is 4.75. The second kappa shape index (κ2) is 15.3. The van der Waals surface area contributed by atoms with Crippen molar-refractivity contribution in [2.24, 2.45) is 4.99 Å². The van der Waals surface area contributed by atoms with Crippen LogP contribution in [0.3, 0.4) is 0 Å². The third kappa shape index (κ3) is 13.7. The van der Waals surface area contributed by atoms with Crippen molar-refractivity contribution >= 4 is 57.6 Å². The fourth-order valence-corrected chi connectivity index (χ4v) is 11.1. The van der Waals surface area contributed by atoms with Crippen molar-refractivity contribution in [2.75, 3.05) is 63.5 Å². The van der Waals surface area contributed by atoms with Gasteiger partial charge in [-0.2, -0.15) is 0 Å². The summed E-state index contributed by atoms with van der Waals surface area (Å²) in [6, 6.07) is 0. The molecule has 1 aliphatic heterocycles. The van der Waals surface area contributed by atoms with Crippen LogP contribution in [0.1, 0.15) is 6.92 Å². The van der Waals surface area contributed by atoms with Crippen molar-refractivity contribution in [3.63, 3.8) is 0 Å². The summed E-state index contributed by atoms with van der Waals surface area (Å²) >= 11 is 4.40. The number of nitrogens with zero attached hydrogens (tertiary/aromatic N) is 1. The van der Waals surface area contributed by atoms with E-state index in [2.05, 4.69) is 61.5 Å². The van der Waals surface area contributed by atoms with E-state index < -0.39 is 0 Å². The molecule has 0 saturated heterocycles. The topological polar surface area (TPSA) is 12.4 Å². The SMILES string of the molecule is CC1=NCC[PH+](C)CC[PH+](C)CC[PH+](C)C1.[B].[Ru][I]. The molecule has 7 heteroatoms. The molecular weight excluding hydrogens is 490 g/mol. The monoisotopic (exact) mass is 520 g/mol. The molecule has 0 aromatic rings. The summed E-state index contributed by atoms with van der Waals surface area (Å²) in [5, 5.41) is 0. The Kier molecular flexibility index (Phi) is 19.0. The van der Waals surface area contributed by atoms with Crippen molar-refractivity contribution in [3.05, 3.63) is 0 Å². The summed E-state index contributed by atoms with van der Waals surface area (Å²) in [5.74, 6) is 0. The van der Waals surface area contributed by atoms with E-state index in [0.29, 0.717) is 0 Å². The predicted molar refractivity (Wildman–Crippen MR) is 110 cm³/mol. The van der Waals surface area contributed by atoms with Crippen LogP contribution in [-0.4, -0.2) is 77.6 Å². The van der Waals surface area contributed by atoms with Crippen molar-refractivity contribution in [2.45, 2.75) is 6.92 Å². The molecule has 3 unspecified atom stereocenters. The molecule has 3 radical (unpaired) electrons. The fraction of sp³-hybridized carbons (Fsp3) is 0.917. The van der Waals surface area contributed by atoms with Crippen LogP contribution in [0.5, 0.6) is 0 Å². The molecule has 1 aliphatic rings. The second-order valence-corrected chi connectivity index (χ2v) is 14.0. The summed E-state index contributed by atoms with van der Waals surface area (Å²) in [7, 11) is -0.161. The molecule has 0 aromatic carbocycles. The average Bonchev–Trinajstić information content (AvgIpc) is 2.35. The van der Waals surface area contributed by atoms with Gasteiger partial charge in [0, 0.05) is 57.9 Å². The minimum atomic E-state index is -0.110. The number of halogens is 1. The first-order valence-electron chi connectivity index (χ1n) is 6.65. The summed E-state index contributed by atoms with van der Waals surface area (Å²) in [5.41, 5.74) is 1.44. The Morgan fingerprint density at radius 2 is 1.32 bits per heavy atom. The summed E-state index contributed by atoms with van der Waals surface area (Å²) in [6.07, 6.45) is 8.98. The van der Waals surface area contributed by atoms with Crippen molar-refractivity contribution < 1.29 is 14.8 Å². The molecule has 0 saturated carbocycles. The first kappa shape index (κ1) is 23.6. The molecule has 0 aromatic heterocycles. The maximum absolute atomic E-state index is 4.75. The van der Waals surface area contributed by atoms with Gasteiger partial charge in [-0.3, -0.25) is 4.99 Å². The molecule has 3 atom stereocenters. The third-order valence-electron chi connectivity index (χ3n) is 3.44. The molecule has 112 valence electrons. The zero-order chi connectivity index (χ0) is 14.0. The number of aliphatic imine (C=N–C) groups is 1. The molecular formula is C12H29BINP3Ru+3. The van der Waals surface area contributed by atoms with Crippen LogP contribution in [-0.2, 0) is 14.8 Å². The van der Waals surface area contributed by atoms with Crippen molar-refractivity contribution in [3.8, 4) is 0 Å². The normalized spacial score (nSPS) is 29.6. The van der Waals surface area contributed by atoms with E-state index in [4.69, 9.17) is 4.99 Å². The first-order valence-corrected chi connectivity index (χ1v) is 19.1. The van der Waals surface area contributed by atoms with Gasteiger partial charge in [0.2, 0.25) is 0 Å². The zero-order valence-electron chi connectivity index (χ0n) is 12.7. The fourth-order valence-electron chi connectivity index (χ4n) is 2.12. The van der Waals surface area contributed by atoms with Crippen molar-refractivity contribution in [1.29, 1.82) is 0 Å². The molecule has 0 amide bonds. The molecule has 0 spiro atoms. The summed E-state index contributed by atoms with van der Waals surface area (Å²) in [4.78, 5) is 4.75. The summed E-state index contributed by atoms with van der Waals surface area (Å²) < 4.78 is 0. The van der Waals surface area contributed by atoms with Gasteiger partial charge in [-0.1, -0.05) is 0 Å². The van der Waals surface area contributed by atoms with E-state index in [9.17, 15) is 0 Å². The Morgan fingerprint density at radius 3 is 1.84 bits per heavy atom. The Morgan fingerprint density at radius 1 is 0.895 bits per heavy atom. The van der Waals surface area contributed by atoms with E-state index in [0.717, 1.165) is 6.54 Å². The molecule has 1 heterocycles. The quantitative estimate of drug-likeness (QED) is 0.264. The zero-order valence-corrected chi connectivity index (χ0v) is 19.6. The van der Waals surface area contributed by atoms with Gasteiger partial charge in [0.15, 0.2) is 0 Å². The van der Waals surface area contributed by atoms with Crippen LogP contribution in [0.15, 0.2) is 4.99 Å². The van der Waals surface area contributed by atoms with Crippen LogP contribution >= 0.6 is 43.5 Å². The van der Waals surface area contributed by atoms with Gasteiger partial charge in [-0.15, -0.1) is 0 Å². The van der Waals surface area contributed by atoms with Crippen molar-refractivity contribution in [1.82, 2.24) is 0 Å². The third-order valence-corrected chi connectivity index (χ3v) is 11.0. The Hall–Kier alpha value is 2.38. The molecule has 0 bridgehead atoms. The molecule has 19 heavy (non-hydrogen) atoms. The standard InChI is InChI=1S/C12H26NP3.B.HI.Ru/c1-12-11-16(4)10-9-15(3)8-7-14(2)6-5-13-12;;;/h5-11H2,1-4H3;;1H;/q;;;+1/p+2. The van der Waals surface area contributed by atoms with Gasteiger partial charge < -0.3 is 0 Å². The predicted octanol–water partition coefficient (Wildman–Crippen LogP) is 3.50. The average molecular weight is 519 g/mol. The Labute approximate surface area is 147 Å². The van der Waals surface area contributed by atoms with E-state index in [1.54, 1.807) is 18.5 Å². The summed E-state index contributed by atoms with van der Waals surface area (Å²) in [6.45, 7) is 10.9. The second-order valence-electron chi connectivity index (χ2n) is 5.42. The van der Waals surface area contributed by atoms with Gasteiger partial charge in [0.05, 0.1) is 43.5 Å². The number of hydrogen-bond acceptors (Lipinski definition) is 1. The molecule has 1 rings (SSSR count). The van der Waals surface area contributed by atoms with Gasteiger partial charge in [0.25, 0.3) is 0 Å². The van der Waals surface area contributed by atoms with Gasteiger partial charge in [-0.05, 0) is 6.92 Å². The van der Waals surface area contributed by atoms with Crippen LogP contribution in [0.25, 0.3) is 0 Å². The Bertz CT molecular complexity index is 247. The molecule has 1 nitrogen and oxygen atoms in total. The van der Waals surface area contributed by atoms with E-state index >= 15 is 0 Å². The minimum absolute atomic E-state index is 0. The number of hydrogen-bond donors (Lipinski definition) is 0. The van der Waals surface area contributed by atoms with E-state index in [1.165, 1.54) is 24.2 Å².